The van der Waals surface area contributed by atoms with E-state index in [0.717, 1.165) is 0 Å². The van der Waals surface area contributed by atoms with Crippen molar-refractivity contribution in [3.63, 3.8) is 0 Å². The largest absolute Gasteiger partial charge is 0.427 e. The van der Waals surface area contributed by atoms with Crippen LogP contribution in [0.5, 0.6) is 5.75 Å². The summed E-state index contributed by atoms with van der Waals surface area (Å²) in [6.45, 7) is 1.28. The van der Waals surface area contributed by atoms with Gasteiger partial charge in [-0.25, -0.2) is 4.39 Å². The van der Waals surface area contributed by atoms with Gasteiger partial charge in [0.15, 0.2) is 0 Å². The van der Waals surface area contributed by atoms with Crippen LogP contribution in [0.2, 0.25) is 0 Å². The fourth-order valence-corrected chi connectivity index (χ4v) is 2.51. The summed E-state index contributed by atoms with van der Waals surface area (Å²) < 4.78 is 17.9. The Kier molecular flexibility index (Phi) is 5.99. The van der Waals surface area contributed by atoms with Crippen molar-refractivity contribution in [3.8, 4) is 5.75 Å². The summed E-state index contributed by atoms with van der Waals surface area (Å²) in [5, 5.41) is 5.42. The van der Waals surface area contributed by atoms with Crippen molar-refractivity contribution < 1.29 is 23.5 Å². The second kappa shape index (κ2) is 8.79. The molecule has 0 aliphatic carbocycles. The van der Waals surface area contributed by atoms with Gasteiger partial charge in [0.2, 0.25) is 0 Å². The molecule has 3 rings (SSSR count). The van der Waals surface area contributed by atoms with Crippen LogP contribution in [-0.2, 0) is 4.79 Å². The predicted molar refractivity (Wildman–Crippen MR) is 106 cm³/mol. The van der Waals surface area contributed by atoms with Crippen LogP contribution >= 0.6 is 0 Å². The van der Waals surface area contributed by atoms with Crippen LogP contribution in [0, 0.1) is 5.82 Å². The Balaban J connectivity index is 1.63. The van der Waals surface area contributed by atoms with Gasteiger partial charge in [0, 0.05) is 29.4 Å². The Morgan fingerprint density at radius 1 is 0.759 bits per heavy atom. The standard InChI is InChI=1S/C22H17FN2O4/c1-14(26)29-20-4-2-3-16(13-20)22(28)25-19-11-9-18(10-12-19)24-21(27)15-5-7-17(23)8-6-15/h2-13H,1H3,(H,24,27)(H,25,28). The minimum Gasteiger partial charge on any atom is -0.427 e. The molecule has 146 valence electrons. The first-order chi connectivity index (χ1) is 13.9. The zero-order chi connectivity index (χ0) is 20.8. The van der Waals surface area contributed by atoms with Gasteiger partial charge in [-0.3, -0.25) is 14.4 Å². The van der Waals surface area contributed by atoms with E-state index >= 15 is 0 Å². The maximum Gasteiger partial charge on any atom is 0.308 e. The maximum atomic E-state index is 12.9. The van der Waals surface area contributed by atoms with Crippen LogP contribution in [0.1, 0.15) is 27.6 Å². The summed E-state index contributed by atoms with van der Waals surface area (Å²) in [7, 11) is 0. The zero-order valence-electron chi connectivity index (χ0n) is 15.4. The molecule has 0 bridgehead atoms. The molecule has 0 spiro atoms. The molecule has 0 aromatic heterocycles. The van der Waals surface area contributed by atoms with Gasteiger partial charge in [0.05, 0.1) is 0 Å². The van der Waals surface area contributed by atoms with E-state index in [1.807, 2.05) is 0 Å². The Labute approximate surface area is 166 Å². The van der Waals surface area contributed by atoms with E-state index in [0.29, 0.717) is 22.5 Å². The molecule has 6 nitrogen and oxygen atoms in total. The number of hydrogen-bond acceptors (Lipinski definition) is 4. The van der Waals surface area contributed by atoms with Crippen molar-refractivity contribution in [1.29, 1.82) is 0 Å². The van der Waals surface area contributed by atoms with Gasteiger partial charge in [0.25, 0.3) is 11.8 Å². The number of carbonyl (C=O) groups excluding carboxylic acids is 3. The molecular formula is C22H17FN2O4. The first kappa shape index (κ1) is 19.8. The fourth-order valence-electron chi connectivity index (χ4n) is 2.51. The third-order valence-electron chi connectivity index (χ3n) is 3.86. The average Bonchev–Trinajstić information content (AvgIpc) is 2.69. The molecule has 2 amide bonds. The maximum absolute atomic E-state index is 12.9. The van der Waals surface area contributed by atoms with Crippen molar-refractivity contribution in [3.05, 3.63) is 89.7 Å². The van der Waals surface area contributed by atoms with Crippen LogP contribution in [0.15, 0.2) is 72.8 Å². The zero-order valence-corrected chi connectivity index (χ0v) is 15.4. The SMILES string of the molecule is CC(=O)Oc1cccc(C(=O)Nc2ccc(NC(=O)c3ccc(F)cc3)cc2)c1. The topological polar surface area (TPSA) is 84.5 Å². The van der Waals surface area contributed by atoms with Crippen LogP contribution in [0.25, 0.3) is 0 Å². The third-order valence-corrected chi connectivity index (χ3v) is 3.86. The average molecular weight is 392 g/mol. The molecule has 29 heavy (non-hydrogen) atoms. The first-order valence-electron chi connectivity index (χ1n) is 8.67. The van der Waals surface area contributed by atoms with E-state index < -0.39 is 11.8 Å². The normalized spacial score (nSPS) is 10.1. The van der Waals surface area contributed by atoms with Gasteiger partial charge in [-0.15, -0.1) is 0 Å². The minimum absolute atomic E-state index is 0.281. The number of benzene rings is 3. The molecule has 0 unspecified atom stereocenters. The lowest BCUT2D eigenvalue weighted by molar-refractivity contribution is -0.131. The number of hydrogen-bond donors (Lipinski definition) is 2. The number of amides is 2. The van der Waals surface area contributed by atoms with Crippen LogP contribution < -0.4 is 15.4 Å². The van der Waals surface area contributed by atoms with Crippen LogP contribution in [-0.4, -0.2) is 17.8 Å². The molecule has 0 heterocycles. The van der Waals surface area contributed by atoms with Crippen molar-refractivity contribution >= 4 is 29.2 Å². The number of nitrogens with one attached hydrogen (secondary N) is 2. The van der Waals surface area contributed by atoms with Gasteiger partial charge in [0.1, 0.15) is 11.6 Å². The van der Waals surface area contributed by atoms with Gasteiger partial charge in [-0.1, -0.05) is 6.07 Å². The summed E-state index contributed by atoms with van der Waals surface area (Å²) in [5.74, 6) is -1.35. The first-order valence-corrected chi connectivity index (χ1v) is 8.67. The molecule has 0 radical (unpaired) electrons. The summed E-state index contributed by atoms with van der Waals surface area (Å²) in [5.41, 5.74) is 1.70. The lowest BCUT2D eigenvalue weighted by atomic mass is 10.2. The van der Waals surface area contributed by atoms with Crippen molar-refractivity contribution in [2.45, 2.75) is 6.92 Å². The molecule has 0 aliphatic rings. The molecule has 0 fully saturated rings. The van der Waals surface area contributed by atoms with Crippen molar-refractivity contribution in [1.82, 2.24) is 0 Å². The number of rotatable bonds is 5. The summed E-state index contributed by atoms with van der Waals surface area (Å²) >= 11 is 0. The van der Waals surface area contributed by atoms with Crippen molar-refractivity contribution in [2.75, 3.05) is 10.6 Å². The molecule has 3 aromatic rings. The summed E-state index contributed by atoms with van der Waals surface area (Å²) in [6.07, 6.45) is 0. The van der Waals surface area contributed by atoms with E-state index in [-0.39, 0.29) is 17.6 Å². The van der Waals surface area contributed by atoms with E-state index in [2.05, 4.69) is 10.6 Å². The molecule has 0 saturated heterocycles. The highest BCUT2D eigenvalue weighted by atomic mass is 19.1. The predicted octanol–water partition coefficient (Wildman–Crippen LogP) is 4.26. The number of carbonyl (C=O) groups is 3. The highest BCUT2D eigenvalue weighted by Gasteiger charge is 2.09. The fraction of sp³-hybridized carbons (Fsp3) is 0.0455. The lowest BCUT2D eigenvalue weighted by Crippen LogP contribution is -2.13. The molecular weight excluding hydrogens is 375 g/mol. The second-order valence-corrected chi connectivity index (χ2v) is 6.11. The third kappa shape index (κ3) is 5.49. The van der Waals surface area contributed by atoms with Gasteiger partial charge < -0.3 is 15.4 Å². The van der Waals surface area contributed by atoms with Crippen LogP contribution in [0.4, 0.5) is 15.8 Å². The molecule has 7 heteroatoms. The van der Waals surface area contributed by atoms with E-state index in [1.165, 1.54) is 37.3 Å². The highest BCUT2D eigenvalue weighted by Crippen LogP contribution is 2.18. The Morgan fingerprint density at radius 3 is 1.86 bits per heavy atom. The molecule has 2 N–H and O–H groups in total. The number of esters is 1. The molecule has 3 aromatic carbocycles. The van der Waals surface area contributed by atoms with Crippen LogP contribution in [0.3, 0.4) is 0 Å². The van der Waals surface area contributed by atoms with Gasteiger partial charge in [-0.2, -0.15) is 0 Å². The molecule has 0 aliphatic heterocycles. The smallest absolute Gasteiger partial charge is 0.308 e. The lowest BCUT2D eigenvalue weighted by Gasteiger charge is -2.09. The van der Waals surface area contributed by atoms with E-state index in [1.54, 1.807) is 42.5 Å². The quantitative estimate of drug-likeness (QED) is 0.502. The number of halogens is 1. The Hall–Kier alpha value is -4.00. The highest BCUT2D eigenvalue weighted by molar-refractivity contribution is 6.05. The Morgan fingerprint density at radius 2 is 1.31 bits per heavy atom. The van der Waals surface area contributed by atoms with Crippen molar-refractivity contribution in [2.24, 2.45) is 0 Å². The minimum atomic E-state index is -0.471. The number of anilines is 2. The van der Waals surface area contributed by atoms with E-state index in [9.17, 15) is 18.8 Å². The monoisotopic (exact) mass is 392 g/mol. The van der Waals surface area contributed by atoms with Gasteiger partial charge >= 0.3 is 5.97 Å². The molecule has 0 saturated carbocycles. The number of ether oxygens (including phenoxy) is 1. The molecule has 0 atom stereocenters. The summed E-state index contributed by atoms with van der Waals surface area (Å²) in [4.78, 5) is 35.5. The second-order valence-electron chi connectivity index (χ2n) is 6.11. The Bertz CT molecular complexity index is 1050. The van der Waals surface area contributed by atoms with Gasteiger partial charge in [-0.05, 0) is 66.7 Å². The van der Waals surface area contributed by atoms with E-state index in [4.69, 9.17) is 4.74 Å². The summed E-state index contributed by atoms with van der Waals surface area (Å²) in [6, 6.07) is 18.0.